The monoisotopic (exact) mass is 298 g/mol. The van der Waals surface area contributed by atoms with Gasteiger partial charge in [0.1, 0.15) is 5.69 Å². The number of ketones is 1. The van der Waals surface area contributed by atoms with E-state index in [9.17, 15) is 4.79 Å². The van der Waals surface area contributed by atoms with Gasteiger partial charge in [-0.2, -0.15) is 5.10 Å². The first-order chi connectivity index (χ1) is 9.04. The highest BCUT2D eigenvalue weighted by molar-refractivity contribution is 7.14. The predicted octanol–water partition coefficient (Wildman–Crippen LogP) is 3.09. The zero-order valence-corrected chi connectivity index (χ0v) is 12.6. The zero-order valence-electron chi connectivity index (χ0n) is 11.1. The van der Waals surface area contributed by atoms with Crippen LogP contribution in [0.2, 0.25) is 5.02 Å². The molecule has 2 rings (SSSR count). The van der Waals surface area contributed by atoms with Crippen LogP contribution in [-0.2, 0) is 11.3 Å². The maximum atomic E-state index is 12.5. The van der Waals surface area contributed by atoms with E-state index in [1.807, 2.05) is 19.9 Å². The smallest absolute Gasteiger partial charge is 0.222 e. The molecule has 0 aliphatic carbocycles. The number of methoxy groups -OCH3 is 1. The number of hydrogen-bond donors (Lipinski definition) is 0. The van der Waals surface area contributed by atoms with Gasteiger partial charge in [-0.05, 0) is 25.5 Å². The van der Waals surface area contributed by atoms with Crippen molar-refractivity contribution in [3.8, 4) is 0 Å². The van der Waals surface area contributed by atoms with Crippen LogP contribution in [-0.4, -0.2) is 29.3 Å². The Labute approximate surface area is 121 Å². The van der Waals surface area contributed by atoms with Gasteiger partial charge in [-0.1, -0.05) is 11.6 Å². The zero-order chi connectivity index (χ0) is 14.0. The van der Waals surface area contributed by atoms with E-state index < -0.39 is 0 Å². The molecular weight excluding hydrogens is 284 g/mol. The number of hydrogen-bond acceptors (Lipinski definition) is 4. The summed E-state index contributed by atoms with van der Waals surface area (Å²) < 4.78 is 6.60. The van der Waals surface area contributed by atoms with Gasteiger partial charge in [0.15, 0.2) is 0 Å². The van der Waals surface area contributed by atoms with Crippen LogP contribution in [0.25, 0.3) is 0 Å². The van der Waals surface area contributed by atoms with E-state index in [1.54, 1.807) is 11.8 Å². The molecule has 0 bridgehead atoms. The van der Waals surface area contributed by atoms with E-state index in [1.165, 1.54) is 17.5 Å². The minimum atomic E-state index is -0.0835. The Balaban J connectivity index is 2.35. The van der Waals surface area contributed by atoms with Crippen molar-refractivity contribution in [2.75, 3.05) is 13.7 Å². The lowest BCUT2D eigenvalue weighted by Crippen LogP contribution is -2.14. The van der Waals surface area contributed by atoms with Gasteiger partial charge >= 0.3 is 0 Å². The highest BCUT2D eigenvalue weighted by Crippen LogP contribution is 2.26. The Kier molecular flexibility index (Phi) is 4.39. The van der Waals surface area contributed by atoms with Gasteiger partial charge in [0.05, 0.1) is 29.2 Å². The third-order valence-electron chi connectivity index (χ3n) is 2.91. The van der Waals surface area contributed by atoms with Crippen molar-refractivity contribution in [3.63, 3.8) is 0 Å². The van der Waals surface area contributed by atoms with Gasteiger partial charge in [-0.3, -0.25) is 9.48 Å². The van der Waals surface area contributed by atoms with Crippen LogP contribution >= 0.6 is 22.9 Å². The second kappa shape index (κ2) is 5.86. The average molecular weight is 299 g/mol. The number of carbonyl (C=O) groups is 1. The quantitative estimate of drug-likeness (QED) is 0.797. The van der Waals surface area contributed by atoms with E-state index in [0.29, 0.717) is 28.7 Å². The van der Waals surface area contributed by atoms with Gasteiger partial charge in [-0.15, -0.1) is 11.3 Å². The number of thiophene rings is 1. The summed E-state index contributed by atoms with van der Waals surface area (Å²) in [5.41, 5.74) is 1.55. The van der Waals surface area contributed by atoms with Gasteiger partial charge in [0, 0.05) is 12.0 Å². The minimum absolute atomic E-state index is 0.0835. The van der Waals surface area contributed by atoms with E-state index in [-0.39, 0.29) is 5.78 Å². The van der Waals surface area contributed by atoms with Crippen LogP contribution in [0.3, 0.4) is 0 Å². The summed E-state index contributed by atoms with van der Waals surface area (Å²) in [7, 11) is 1.61. The number of aryl methyl sites for hydroxylation is 2. The molecule has 102 valence electrons. The summed E-state index contributed by atoms with van der Waals surface area (Å²) in [6.07, 6.45) is 1.50. The largest absolute Gasteiger partial charge is 0.383 e. The van der Waals surface area contributed by atoms with Crippen molar-refractivity contribution in [2.45, 2.75) is 20.4 Å². The van der Waals surface area contributed by atoms with E-state index in [2.05, 4.69) is 5.10 Å². The van der Waals surface area contributed by atoms with Crippen molar-refractivity contribution in [1.29, 1.82) is 0 Å². The fourth-order valence-electron chi connectivity index (χ4n) is 1.74. The van der Waals surface area contributed by atoms with Crippen LogP contribution in [0.15, 0.2) is 12.3 Å². The van der Waals surface area contributed by atoms with Crippen LogP contribution in [0.4, 0.5) is 0 Å². The number of carbonyl (C=O) groups excluding carboxylic acids is 1. The van der Waals surface area contributed by atoms with E-state index in [4.69, 9.17) is 16.3 Å². The first-order valence-corrected chi connectivity index (χ1v) is 7.06. The Morgan fingerprint density at radius 1 is 1.53 bits per heavy atom. The Bertz CT molecular complexity index is 584. The van der Waals surface area contributed by atoms with Crippen molar-refractivity contribution >= 4 is 28.7 Å². The second-order valence-electron chi connectivity index (χ2n) is 4.24. The molecule has 0 fully saturated rings. The molecule has 0 aliphatic heterocycles. The van der Waals surface area contributed by atoms with Crippen molar-refractivity contribution in [1.82, 2.24) is 9.78 Å². The molecule has 2 aromatic heterocycles. The molecule has 0 unspecified atom stereocenters. The number of halogens is 1. The predicted molar refractivity (Wildman–Crippen MR) is 76.3 cm³/mol. The first kappa shape index (κ1) is 14.2. The third-order valence-corrected chi connectivity index (χ3v) is 4.33. The molecular formula is C13H15ClN2O2S. The van der Waals surface area contributed by atoms with Crippen LogP contribution in [0.1, 0.15) is 25.8 Å². The highest BCUT2D eigenvalue weighted by Gasteiger charge is 2.21. The van der Waals surface area contributed by atoms with Crippen LogP contribution in [0.5, 0.6) is 0 Å². The molecule has 6 heteroatoms. The number of aromatic nitrogens is 2. The molecule has 0 atom stereocenters. The molecule has 0 saturated heterocycles. The summed E-state index contributed by atoms with van der Waals surface area (Å²) in [4.78, 5) is 14.3. The fourth-order valence-corrected chi connectivity index (χ4v) is 2.94. The highest BCUT2D eigenvalue weighted by atomic mass is 35.5. The molecule has 0 saturated carbocycles. The Morgan fingerprint density at radius 2 is 2.26 bits per heavy atom. The maximum Gasteiger partial charge on any atom is 0.222 e. The van der Waals surface area contributed by atoms with Gasteiger partial charge in [0.2, 0.25) is 5.78 Å². The minimum Gasteiger partial charge on any atom is -0.383 e. The first-order valence-electron chi connectivity index (χ1n) is 5.86. The molecule has 0 aliphatic rings. The molecule has 2 aromatic rings. The van der Waals surface area contributed by atoms with Crippen molar-refractivity contribution in [3.05, 3.63) is 38.3 Å². The SMILES string of the molecule is COCCn1ncc(Cl)c1C(=O)c1cc(C)c(C)s1. The molecule has 0 spiro atoms. The molecule has 19 heavy (non-hydrogen) atoms. The number of ether oxygens (including phenoxy) is 1. The van der Waals surface area contributed by atoms with Crippen LogP contribution in [0, 0.1) is 13.8 Å². The normalized spacial score (nSPS) is 10.9. The van der Waals surface area contributed by atoms with Gasteiger partial charge in [0.25, 0.3) is 0 Å². The number of nitrogens with zero attached hydrogens (tertiary/aromatic N) is 2. The molecule has 2 heterocycles. The lowest BCUT2D eigenvalue weighted by atomic mass is 10.2. The fraction of sp³-hybridized carbons (Fsp3) is 0.385. The van der Waals surface area contributed by atoms with E-state index >= 15 is 0 Å². The average Bonchev–Trinajstić information content (AvgIpc) is 2.90. The van der Waals surface area contributed by atoms with Crippen molar-refractivity contribution in [2.24, 2.45) is 0 Å². The van der Waals surface area contributed by atoms with E-state index in [0.717, 1.165) is 10.4 Å². The standard InChI is InChI=1S/C13H15ClN2O2S/c1-8-6-11(19-9(8)2)13(17)12-10(14)7-15-16(12)4-5-18-3/h6-7H,4-5H2,1-3H3. The summed E-state index contributed by atoms with van der Waals surface area (Å²) in [5, 5.41) is 4.50. The maximum absolute atomic E-state index is 12.5. The number of rotatable bonds is 5. The topological polar surface area (TPSA) is 44.1 Å². The summed E-state index contributed by atoms with van der Waals surface area (Å²) in [6.45, 7) is 4.99. The lowest BCUT2D eigenvalue weighted by Gasteiger charge is -2.05. The van der Waals surface area contributed by atoms with Gasteiger partial charge in [-0.25, -0.2) is 0 Å². The molecule has 0 amide bonds. The van der Waals surface area contributed by atoms with Crippen molar-refractivity contribution < 1.29 is 9.53 Å². The molecule has 0 N–H and O–H groups in total. The van der Waals surface area contributed by atoms with Gasteiger partial charge < -0.3 is 4.74 Å². The van der Waals surface area contributed by atoms with Crippen LogP contribution < -0.4 is 0 Å². The summed E-state index contributed by atoms with van der Waals surface area (Å²) >= 11 is 7.56. The lowest BCUT2D eigenvalue weighted by molar-refractivity contribution is 0.102. The second-order valence-corrected chi connectivity index (χ2v) is 5.90. The summed E-state index contributed by atoms with van der Waals surface area (Å²) in [5.74, 6) is -0.0835. The molecule has 0 aromatic carbocycles. The Morgan fingerprint density at radius 3 is 2.84 bits per heavy atom. The molecule has 4 nitrogen and oxygen atoms in total. The summed E-state index contributed by atoms with van der Waals surface area (Å²) in [6, 6.07) is 1.90. The Hall–Kier alpha value is -1.17. The third kappa shape index (κ3) is 2.88. The molecule has 0 radical (unpaired) electrons.